The van der Waals surface area contributed by atoms with Crippen LogP contribution in [0.4, 0.5) is 0 Å². The highest BCUT2D eigenvalue weighted by Crippen LogP contribution is 2.43. The van der Waals surface area contributed by atoms with E-state index in [0.717, 1.165) is 12.5 Å². The molecule has 0 heterocycles. The number of hydrogen-bond donors (Lipinski definition) is 0. The first kappa shape index (κ1) is 14.8. The van der Waals surface area contributed by atoms with Crippen LogP contribution >= 0.6 is 0 Å². The van der Waals surface area contributed by atoms with Gasteiger partial charge < -0.3 is 4.43 Å². The van der Waals surface area contributed by atoms with Crippen molar-refractivity contribution in [3.8, 4) is 12.3 Å². The van der Waals surface area contributed by atoms with Crippen LogP contribution in [0.3, 0.4) is 0 Å². The van der Waals surface area contributed by atoms with E-state index < -0.39 is 9.04 Å². The number of terminal acetylenes is 1. The van der Waals surface area contributed by atoms with Gasteiger partial charge in [0.2, 0.25) is 0 Å². The van der Waals surface area contributed by atoms with Crippen molar-refractivity contribution >= 4 is 9.04 Å². The minimum Gasteiger partial charge on any atom is -0.420 e. The van der Waals surface area contributed by atoms with E-state index in [1.54, 1.807) is 0 Å². The third-order valence-electron chi connectivity index (χ3n) is 3.95. The van der Waals surface area contributed by atoms with Crippen LogP contribution in [-0.2, 0) is 4.43 Å². The van der Waals surface area contributed by atoms with Gasteiger partial charge >= 0.3 is 0 Å². The number of hydrogen-bond acceptors (Lipinski definition) is 1. The van der Waals surface area contributed by atoms with Crippen LogP contribution in [0.5, 0.6) is 0 Å². The summed E-state index contributed by atoms with van der Waals surface area (Å²) in [6.07, 6.45) is 9.37. The normalized spacial score (nSPS) is 30.3. The van der Waals surface area contributed by atoms with Crippen LogP contribution in [0, 0.1) is 35.5 Å². The summed E-state index contributed by atoms with van der Waals surface area (Å²) in [5.41, 5.74) is 0.324. The van der Waals surface area contributed by atoms with Gasteiger partial charge in [-0.1, -0.05) is 20.8 Å². The molecule has 0 amide bonds. The lowest BCUT2D eigenvalue weighted by atomic mass is 9.64. The van der Waals surface area contributed by atoms with E-state index in [1.807, 2.05) is 0 Å². The van der Waals surface area contributed by atoms with Gasteiger partial charge in [0.05, 0.1) is 0 Å². The lowest BCUT2D eigenvalue weighted by Gasteiger charge is -2.41. The third-order valence-corrected chi connectivity index (χ3v) is 4.81. The average Bonchev–Trinajstić information content (AvgIpc) is 2.24. The summed E-state index contributed by atoms with van der Waals surface area (Å²) < 4.78 is 5.90. The molecule has 0 N–H and O–H groups in total. The van der Waals surface area contributed by atoms with Gasteiger partial charge in [-0.25, -0.2) is 0 Å². The second-order valence-corrected chi connectivity index (χ2v) is 9.24. The monoisotopic (exact) mass is 252 g/mol. The predicted octanol–water partition coefficient (Wildman–Crippen LogP) is 3.70. The molecule has 0 aromatic heterocycles. The fraction of sp³-hybridized carbons (Fsp3) is 0.867. The second kappa shape index (κ2) is 6.07. The lowest BCUT2D eigenvalue weighted by Crippen LogP contribution is -2.35. The van der Waals surface area contributed by atoms with E-state index >= 15 is 0 Å². The zero-order valence-electron chi connectivity index (χ0n) is 12.1. The van der Waals surface area contributed by atoms with Crippen molar-refractivity contribution in [3.63, 3.8) is 0 Å². The van der Waals surface area contributed by atoms with Crippen LogP contribution < -0.4 is 0 Å². The molecule has 1 nitrogen and oxygen atoms in total. The van der Waals surface area contributed by atoms with Crippen LogP contribution in [0.25, 0.3) is 0 Å². The van der Waals surface area contributed by atoms with Gasteiger partial charge in [-0.15, -0.1) is 12.3 Å². The molecule has 17 heavy (non-hydrogen) atoms. The zero-order valence-corrected chi connectivity index (χ0v) is 13.3. The van der Waals surface area contributed by atoms with Gasteiger partial charge in [-0.2, -0.15) is 0 Å². The molecule has 98 valence electrons. The highest BCUT2D eigenvalue weighted by atomic mass is 28.3. The van der Waals surface area contributed by atoms with Crippen molar-refractivity contribution in [1.29, 1.82) is 0 Å². The maximum Gasteiger partial charge on any atom is 0.170 e. The van der Waals surface area contributed by atoms with Crippen molar-refractivity contribution < 1.29 is 4.43 Å². The molecule has 1 fully saturated rings. The molecule has 0 bridgehead atoms. The Morgan fingerprint density at radius 3 is 2.41 bits per heavy atom. The molecule has 0 aromatic carbocycles. The SMILES string of the molecule is C#CC1CCC(CO[SiH](C)C)CC1C(C)(C)C. The molecule has 0 spiro atoms. The minimum absolute atomic E-state index is 0.324. The van der Waals surface area contributed by atoms with Crippen molar-refractivity contribution in [3.05, 3.63) is 0 Å². The fourth-order valence-electron chi connectivity index (χ4n) is 2.89. The summed E-state index contributed by atoms with van der Waals surface area (Å²) >= 11 is 0. The molecule has 0 aromatic rings. The van der Waals surface area contributed by atoms with Crippen LogP contribution in [0.2, 0.25) is 13.1 Å². The molecule has 3 atom stereocenters. The summed E-state index contributed by atoms with van der Waals surface area (Å²) in [5.74, 6) is 4.88. The molecular formula is C15H28OSi. The van der Waals surface area contributed by atoms with Crippen molar-refractivity contribution in [1.82, 2.24) is 0 Å². The Labute approximate surface area is 109 Å². The highest BCUT2D eigenvalue weighted by Gasteiger charge is 2.36. The molecule has 1 rings (SSSR count). The third kappa shape index (κ3) is 4.48. The topological polar surface area (TPSA) is 9.23 Å². The second-order valence-electron chi connectivity index (χ2n) is 6.81. The Kier molecular flexibility index (Phi) is 5.28. The molecule has 1 aliphatic rings. The average molecular weight is 252 g/mol. The molecular weight excluding hydrogens is 224 g/mol. The summed E-state index contributed by atoms with van der Waals surface area (Å²) in [6.45, 7) is 12.4. The summed E-state index contributed by atoms with van der Waals surface area (Å²) in [4.78, 5) is 0. The first-order valence-electron chi connectivity index (χ1n) is 6.92. The molecule has 2 heteroatoms. The lowest BCUT2D eigenvalue weighted by molar-refractivity contribution is 0.0818. The number of rotatable bonds is 3. The largest absolute Gasteiger partial charge is 0.420 e. The van der Waals surface area contributed by atoms with E-state index in [-0.39, 0.29) is 0 Å². The van der Waals surface area contributed by atoms with E-state index in [2.05, 4.69) is 39.8 Å². The van der Waals surface area contributed by atoms with Crippen LogP contribution in [0.15, 0.2) is 0 Å². The fourth-order valence-corrected chi connectivity index (χ4v) is 3.55. The summed E-state index contributed by atoms with van der Waals surface area (Å²) in [6, 6.07) is 0. The Hall–Kier alpha value is -0.263. The van der Waals surface area contributed by atoms with E-state index in [9.17, 15) is 0 Å². The summed E-state index contributed by atoms with van der Waals surface area (Å²) in [5, 5.41) is 0. The van der Waals surface area contributed by atoms with Crippen LogP contribution in [-0.4, -0.2) is 15.6 Å². The maximum absolute atomic E-state index is 5.90. The van der Waals surface area contributed by atoms with Gasteiger partial charge in [0.1, 0.15) is 0 Å². The molecule has 1 saturated carbocycles. The van der Waals surface area contributed by atoms with E-state index in [1.165, 1.54) is 19.3 Å². The highest BCUT2D eigenvalue weighted by molar-refractivity contribution is 6.48. The molecule has 0 radical (unpaired) electrons. The first-order chi connectivity index (χ1) is 7.84. The molecule has 3 unspecified atom stereocenters. The van der Waals surface area contributed by atoms with E-state index in [4.69, 9.17) is 10.8 Å². The Morgan fingerprint density at radius 1 is 1.29 bits per heavy atom. The molecule has 0 aliphatic heterocycles. The Bertz CT molecular complexity index is 272. The van der Waals surface area contributed by atoms with Crippen molar-refractivity contribution in [2.45, 2.75) is 53.1 Å². The Balaban J connectivity index is 2.58. The quantitative estimate of drug-likeness (QED) is 0.550. The van der Waals surface area contributed by atoms with Crippen LogP contribution in [0.1, 0.15) is 40.0 Å². The maximum atomic E-state index is 5.90. The molecule has 1 aliphatic carbocycles. The van der Waals surface area contributed by atoms with Crippen molar-refractivity contribution in [2.24, 2.45) is 23.2 Å². The first-order valence-corrected chi connectivity index (χ1v) is 9.70. The van der Waals surface area contributed by atoms with Gasteiger partial charge in [0, 0.05) is 12.5 Å². The predicted molar refractivity (Wildman–Crippen MR) is 77.4 cm³/mol. The Morgan fingerprint density at radius 2 is 1.94 bits per heavy atom. The van der Waals surface area contributed by atoms with Gasteiger partial charge in [0.25, 0.3) is 0 Å². The van der Waals surface area contributed by atoms with Gasteiger partial charge in [-0.05, 0) is 49.6 Å². The standard InChI is InChI=1S/C15H28OSi/c1-7-13-9-8-12(11-16-17(5)6)10-14(13)15(2,3)4/h1,12-14,17H,8-11H2,2-6H3. The molecule has 0 saturated heterocycles. The van der Waals surface area contributed by atoms with Gasteiger partial charge in [-0.3, -0.25) is 0 Å². The van der Waals surface area contributed by atoms with Gasteiger partial charge in [0.15, 0.2) is 9.04 Å². The minimum atomic E-state index is -0.867. The summed E-state index contributed by atoms with van der Waals surface area (Å²) in [7, 11) is -0.867. The van der Waals surface area contributed by atoms with E-state index in [0.29, 0.717) is 17.3 Å². The van der Waals surface area contributed by atoms with Crippen molar-refractivity contribution in [2.75, 3.05) is 6.61 Å². The zero-order chi connectivity index (χ0) is 13.1. The smallest absolute Gasteiger partial charge is 0.170 e.